The number of rotatable bonds is 5. The third kappa shape index (κ3) is 6.68. The van der Waals surface area contributed by atoms with Crippen molar-refractivity contribution >= 4 is 23.7 Å². The van der Waals surface area contributed by atoms with E-state index in [4.69, 9.17) is 28.4 Å². The Hall–Kier alpha value is -2.16. The number of aliphatic hydroxyl groups excluding tert-OH is 2. The van der Waals surface area contributed by atoms with Gasteiger partial charge in [-0.2, -0.15) is 0 Å². The first-order valence-corrected chi connectivity index (χ1v) is 15.4. The molecule has 3 heterocycles. The minimum Gasteiger partial charge on any atom is -0.457 e. The highest BCUT2D eigenvalue weighted by molar-refractivity contribution is 6.00. The van der Waals surface area contributed by atoms with Gasteiger partial charge in [-0.3, -0.25) is 14.4 Å². The van der Waals surface area contributed by atoms with E-state index in [9.17, 15) is 29.4 Å². The Morgan fingerprint density at radius 3 is 2.09 bits per heavy atom. The molecule has 2 N–H and O–H groups in total. The number of likely N-dealkylation sites (N-methyl/N-ethyl adjacent to an activating group) is 1. The van der Waals surface area contributed by atoms with Crippen LogP contribution < -0.4 is 0 Å². The van der Waals surface area contributed by atoms with Crippen LogP contribution in [0.25, 0.3) is 0 Å². The maximum Gasteiger partial charge on any atom is 0.509 e. The first-order valence-electron chi connectivity index (χ1n) is 15.4. The van der Waals surface area contributed by atoms with Crippen molar-refractivity contribution in [2.24, 2.45) is 23.7 Å². The van der Waals surface area contributed by atoms with Crippen LogP contribution in [0.4, 0.5) is 4.79 Å². The number of Topliss-reactive ketones (excluding diaryl/α,β-unsaturated/α-hetero) is 2. The number of carbonyl (C=O) groups excluding carboxylic acids is 4. The van der Waals surface area contributed by atoms with E-state index in [2.05, 4.69) is 0 Å². The SMILES string of the molecule is CC[C@H]1OC(=O)[C@H](C)C(=O)[C@H](C)[C@@H](O[C@@H]2O[C@H](C)[C@@H](O)[C@H](N(C)C)[C@H]2O)[C@@](C)(OC)C[C@@H](C)C(=O)[C@H](C)[C@H]2OC(=O)O[C@@]21C. The highest BCUT2D eigenvalue weighted by Gasteiger charge is 2.59. The molecule has 0 unspecified atom stereocenters. The molecular formula is C31H51NO12. The zero-order chi connectivity index (χ0) is 33.5. The molecule has 0 spiro atoms. The molecule has 3 fully saturated rings. The molecule has 0 bridgehead atoms. The van der Waals surface area contributed by atoms with Crippen molar-refractivity contribution in [2.45, 2.75) is 128 Å². The highest BCUT2D eigenvalue weighted by atomic mass is 16.8. The van der Waals surface area contributed by atoms with Crippen molar-refractivity contribution in [2.75, 3.05) is 21.2 Å². The van der Waals surface area contributed by atoms with E-state index in [0.717, 1.165) is 0 Å². The van der Waals surface area contributed by atoms with E-state index in [1.54, 1.807) is 67.5 Å². The van der Waals surface area contributed by atoms with Crippen LogP contribution >= 0.6 is 0 Å². The predicted molar refractivity (Wildman–Crippen MR) is 155 cm³/mol. The molecule has 3 aliphatic heterocycles. The number of hydrogen-bond donors (Lipinski definition) is 2. The number of hydrogen-bond acceptors (Lipinski definition) is 13. The summed E-state index contributed by atoms with van der Waals surface area (Å²) in [4.78, 5) is 55.3. The van der Waals surface area contributed by atoms with Crippen LogP contribution in [0.1, 0.15) is 68.2 Å². The molecule has 44 heavy (non-hydrogen) atoms. The number of nitrogens with zero attached hydrogens (tertiary/aromatic N) is 1. The average molecular weight is 630 g/mol. The second-order valence-corrected chi connectivity index (χ2v) is 13.3. The molecule has 3 aliphatic rings. The van der Waals surface area contributed by atoms with Crippen LogP contribution in [0.2, 0.25) is 0 Å². The molecule has 13 heteroatoms. The molecule has 14 atom stereocenters. The fourth-order valence-electron chi connectivity index (χ4n) is 7.13. The smallest absolute Gasteiger partial charge is 0.457 e. The van der Waals surface area contributed by atoms with Crippen LogP contribution in [-0.2, 0) is 42.8 Å². The molecule has 3 rings (SSSR count). The summed E-state index contributed by atoms with van der Waals surface area (Å²) in [5, 5.41) is 21.9. The van der Waals surface area contributed by atoms with Gasteiger partial charge in [0.25, 0.3) is 0 Å². The fourth-order valence-corrected chi connectivity index (χ4v) is 7.13. The normalized spacial score (nSPS) is 46.1. The van der Waals surface area contributed by atoms with Crippen molar-refractivity contribution in [3.8, 4) is 0 Å². The summed E-state index contributed by atoms with van der Waals surface area (Å²) in [6.07, 6.45) is -8.17. The van der Waals surface area contributed by atoms with Gasteiger partial charge in [0.2, 0.25) is 0 Å². The molecular weight excluding hydrogens is 578 g/mol. The van der Waals surface area contributed by atoms with E-state index in [1.807, 2.05) is 0 Å². The molecule has 0 saturated carbocycles. The fraction of sp³-hybridized carbons (Fsp3) is 0.871. The maximum absolute atomic E-state index is 13.9. The third-order valence-electron chi connectivity index (χ3n) is 9.90. The van der Waals surface area contributed by atoms with E-state index in [1.165, 1.54) is 14.0 Å². The lowest BCUT2D eigenvalue weighted by Gasteiger charge is -2.48. The molecule has 0 radical (unpaired) electrons. The molecule has 0 aliphatic carbocycles. The second-order valence-electron chi connectivity index (χ2n) is 13.3. The van der Waals surface area contributed by atoms with Gasteiger partial charge in [0.15, 0.2) is 23.8 Å². The lowest BCUT2D eigenvalue weighted by Crippen LogP contribution is -2.64. The zero-order valence-corrected chi connectivity index (χ0v) is 27.8. The van der Waals surface area contributed by atoms with Gasteiger partial charge in [0.1, 0.15) is 23.9 Å². The van der Waals surface area contributed by atoms with Crippen LogP contribution in [0.3, 0.4) is 0 Å². The molecule has 252 valence electrons. The van der Waals surface area contributed by atoms with Crippen LogP contribution in [0.15, 0.2) is 0 Å². The van der Waals surface area contributed by atoms with Gasteiger partial charge in [-0.1, -0.05) is 27.7 Å². The molecule has 0 aromatic carbocycles. The standard InChI is InChI=1S/C31H51NO12/c1-12-19-31(8)26(43-29(38)44-31)15(3)21(33)14(2)13-30(7,39-11)25(16(4)22(34)17(5)27(37)41-19)42-28-24(36)20(32(9)10)23(35)18(6)40-28/h14-20,23-26,28,35-36H,12-13H2,1-11H3/t14-,15+,16+,17-,18-,19-,20+,23-,24-,25-,26-,28+,30+,31-/m1/s1. The van der Waals surface area contributed by atoms with Crippen LogP contribution in [-0.4, -0.2) is 120 Å². The Morgan fingerprint density at radius 1 is 0.932 bits per heavy atom. The van der Waals surface area contributed by atoms with Gasteiger partial charge in [0, 0.05) is 18.9 Å². The number of carbonyl (C=O) groups is 4. The van der Waals surface area contributed by atoms with Gasteiger partial charge in [0.05, 0.1) is 35.9 Å². The number of esters is 1. The second kappa shape index (κ2) is 13.7. The molecule has 13 nitrogen and oxygen atoms in total. The third-order valence-corrected chi connectivity index (χ3v) is 9.90. The number of ether oxygens (including phenoxy) is 6. The Morgan fingerprint density at radius 2 is 1.55 bits per heavy atom. The van der Waals surface area contributed by atoms with Gasteiger partial charge >= 0.3 is 12.1 Å². The Kier molecular flexibility index (Phi) is 11.3. The quantitative estimate of drug-likeness (QED) is 0.334. The summed E-state index contributed by atoms with van der Waals surface area (Å²) in [5.74, 6) is -5.40. The van der Waals surface area contributed by atoms with E-state index >= 15 is 0 Å². The first-order chi connectivity index (χ1) is 20.3. The van der Waals surface area contributed by atoms with Gasteiger partial charge in [-0.25, -0.2) is 4.79 Å². The highest BCUT2D eigenvalue weighted by Crippen LogP contribution is 2.41. The summed E-state index contributed by atoms with van der Waals surface area (Å²) >= 11 is 0. The lowest BCUT2D eigenvalue weighted by molar-refractivity contribution is -0.313. The van der Waals surface area contributed by atoms with Gasteiger partial charge in [-0.15, -0.1) is 0 Å². The summed E-state index contributed by atoms with van der Waals surface area (Å²) in [7, 11) is 4.85. The van der Waals surface area contributed by atoms with Gasteiger partial charge in [-0.05, 0) is 54.6 Å². The number of methoxy groups -OCH3 is 1. The molecule has 0 amide bonds. The predicted octanol–water partition coefficient (Wildman–Crippen LogP) is 1.88. The van der Waals surface area contributed by atoms with Crippen molar-refractivity contribution in [1.29, 1.82) is 0 Å². The van der Waals surface area contributed by atoms with E-state index in [0.29, 0.717) is 0 Å². The van der Waals surface area contributed by atoms with Crippen molar-refractivity contribution in [3.63, 3.8) is 0 Å². The average Bonchev–Trinajstić information content (AvgIpc) is 3.28. The largest absolute Gasteiger partial charge is 0.509 e. The Balaban J connectivity index is 2.10. The molecule has 3 saturated heterocycles. The zero-order valence-electron chi connectivity index (χ0n) is 27.8. The first kappa shape index (κ1) is 36.3. The van der Waals surface area contributed by atoms with E-state index in [-0.39, 0.29) is 18.6 Å². The Labute approximate surface area is 259 Å². The number of aliphatic hydroxyl groups is 2. The minimum atomic E-state index is -1.47. The maximum atomic E-state index is 13.9. The summed E-state index contributed by atoms with van der Waals surface area (Å²) in [6, 6.07) is -0.742. The number of fused-ring (bicyclic) bond motifs is 1. The topological polar surface area (TPSA) is 167 Å². The van der Waals surface area contributed by atoms with Crippen LogP contribution in [0, 0.1) is 23.7 Å². The monoisotopic (exact) mass is 629 g/mol. The number of ketones is 2. The summed E-state index contributed by atoms with van der Waals surface area (Å²) in [5.41, 5.74) is -2.78. The lowest BCUT2D eigenvalue weighted by atomic mass is 9.74. The minimum absolute atomic E-state index is 0.0708. The van der Waals surface area contributed by atoms with E-state index < -0.39 is 102 Å². The summed E-state index contributed by atoms with van der Waals surface area (Å²) in [6.45, 7) is 13.0. The van der Waals surface area contributed by atoms with Crippen molar-refractivity contribution in [1.82, 2.24) is 4.90 Å². The number of cyclic esters (lactones) is 1. The Bertz CT molecular complexity index is 1080. The van der Waals surface area contributed by atoms with Crippen molar-refractivity contribution in [3.05, 3.63) is 0 Å². The van der Waals surface area contributed by atoms with Gasteiger partial charge < -0.3 is 43.5 Å². The molecule has 0 aromatic rings. The summed E-state index contributed by atoms with van der Waals surface area (Å²) < 4.78 is 35.1. The van der Waals surface area contributed by atoms with Crippen molar-refractivity contribution < 1.29 is 57.8 Å². The van der Waals surface area contributed by atoms with Crippen LogP contribution in [0.5, 0.6) is 0 Å². The molecule has 0 aromatic heterocycles.